The van der Waals surface area contributed by atoms with Crippen LogP contribution in [0.25, 0.3) is 38.6 Å². The van der Waals surface area contributed by atoms with Gasteiger partial charge in [-0.3, -0.25) is 14.2 Å². The number of aryl methyl sites for hydroxylation is 1. The van der Waals surface area contributed by atoms with Crippen LogP contribution in [0, 0.1) is 18.7 Å². The van der Waals surface area contributed by atoms with Crippen molar-refractivity contribution < 1.29 is 14.3 Å². The van der Waals surface area contributed by atoms with Crippen LogP contribution in [-0.2, 0) is 12.8 Å². The highest BCUT2D eigenvalue weighted by atomic mass is 19.1. The minimum absolute atomic E-state index is 0.0413. The Morgan fingerprint density at radius 2 is 1.92 bits per heavy atom. The Morgan fingerprint density at radius 3 is 2.67 bits per heavy atom. The highest BCUT2D eigenvalue weighted by molar-refractivity contribution is 6.11. The maximum Gasteiger partial charge on any atom is 0.265 e. The zero-order chi connectivity index (χ0) is 27.6. The first-order valence-corrected chi connectivity index (χ1v) is 13.0. The second kappa shape index (κ2) is 8.88. The molecule has 0 aliphatic heterocycles. The molecule has 3 aromatic carbocycles. The lowest BCUT2D eigenvalue weighted by atomic mass is 9.77. The molecule has 6 rings (SSSR count). The van der Waals surface area contributed by atoms with Gasteiger partial charge >= 0.3 is 0 Å². The predicted molar refractivity (Wildman–Crippen MR) is 150 cm³/mol. The van der Waals surface area contributed by atoms with Gasteiger partial charge in [-0.05, 0) is 92.5 Å². The smallest absolute Gasteiger partial charge is 0.265 e. The number of nitrogens with two attached hydrogens (primary N) is 1. The number of amides is 1. The molecular weight excluding hydrogens is 495 g/mol. The van der Waals surface area contributed by atoms with Crippen LogP contribution in [0.5, 0.6) is 0 Å². The lowest BCUT2D eigenvalue weighted by Crippen LogP contribution is -2.34. The van der Waals surface area contributed by atoms with Crippen molar-refractivity contribution in [2.24, 2.45) is 11.7 Å². The van der Waals surface area contributed by atoms with Crippen LogP contribution < -0.4 is 11.3 Å². The Kier molecular flexibility index (Phi) is 5.69. The normalized spacial score (nSPS) is 15.6. The second-order valence-corrected chi connectivity index (χ2v) is 11.0. The summed E-state index contributed by atoms with van der Waals surface area (Å²) in [5.41, 5.74) is 11.1. The van der Waals surface area contributed by atoms with E-state index in [4.69, 9.17) is 5.73 Å². The van der Waals surface area contributed by atoms with E-state index in [-0.39, 0.29) is 22.4 Å². The van der Waals surface area contributed by atoms with Gasteiger partial charge in [0.25, 0.3) is 11.5 Å². The first-order valence-electron chi connectivity index (χ1n) is 13.0. The number of aromatic nitrogens is 3. The maximum atomic E-state index is 14.2. The number of para-hydroxylation sites is 1. The van der Waals surface area contributed by atoms with Gasteiger partial charge in [0.05, 0.1) is 27.8 Å². The second-order valence-electron chi connectivity index (χ2n) is 11.0. The van der Waals surface area contributed by atoms with Gasteiger partial charge in [0.2, 0.25) is 0 Å². The van der Waals surface area contributed by atoms with Crippen LogP contribution in [0.4, 0.5) is 4.39 Å². The minimum Gasteiger partial charge on any atom is -0.390 e. The van der Waals surface area contributed by atoms with Crippen molar-refractivity contribution in [2.45, 2.75) is 45.6 Å². The number of primary amides is 1. The number of hydrogen-bond acceptors (Lipinski definition) is 4. The van der Waals surface area contributed by atoms with Crippen molar-refractivity contribution in [3.63, 3.8) is 0 Å². The fourth-order valence-corrected chi connectivity index (χ4v) is 6.04. The third kappa shape index (κ3) is 3.94. The molecule has 0 bridgehead atoms. The molecule has 7 nitrogen and oxygen atoms in total. The van der Waals surface area contributed by atoms with Crippen molar-refractivity contribution in [2.75, 3.05) is 0 Å². The average molecular weight is 525 g/mol. The number of benzene rings is 3. The molecule has 2 heterocycles. The first kappa shape index (κ1) is 25.0. The number of hydrogen-bond donors (Lipinski definition) is 3. The van der Waals surface area contributed by atoms with E-state index in [2.05, 4.69) is 9.97 Å². The van der Waals surface area contributed by atoms with E-state index in [9.17, 15) is 19.1 Å². The monoisotopic (exact) mass is 524 g/mol. The summed E-state index contributed by atoms with van der Waals surface area (Å²) in [6, 6.07) is 13.7. The topological polar surface area (TPSA) is 114 Å². The molecule has 1 aliphatic rings. The van der Waals surface area contributed by atoms with Crippen LogP contribution in [0.3, 0.4) is 0 Å². The van der Waals surface area contributed by atoms with Crippen molar-refractivity contribution >= 4 is 27.7 Å². The van der Waals surface area contributed by atoms with Crippen LogP contribution in [0.15, 0.2) is 59.7 Å². The molecule has 0 fully saturated rings. The summed E-state index contributed by atoms with van der Waals surface area (Å²) in [4.78, 5) is 33.4. The van der Waals surface area contributed by atoms with E-state index in [1.54, 1.807) is 12.1 Å². The van der Waals surface area contributed by atoms with Gasteiger partial charge in [-0.25, -0.2) is 9.37 Å². The Labute approximate surface area is 224 Å². The molecule has 5 aromatic rings. The molecular formula is C31H29FN4O3. The number of aromatic amines is 1. The van der Waals surface area contributed by atoms with Crippen LogP contribution in [0.1, 0.15) is 47.4 Å². The Hall–Kier alpha value is -4.30. The number of aliphatic hydroxyl groups is 1. The lowest BCUT2D eigenvalue weighted by molar-refractivity contribution is 0.0107. The molecule has 1 atom stereocenters. The molecule has 0 radical (unpaired) electrons. The van der Waals surface area contributed by atoms with Gasteiger partial charge in [-0.2, -0.15) is 0 Å². The maximum absolute atomic E-state index is 14.2. The van der Waals surface area contributed by atoms with E-state index in [0.29, 0.717) is 23.2 Å². The number of nitrogens with zero attached hydrogens (tertiary/aromatic N) is 2. The number of halogens is 1. The Morgan fingerprint density at radius 1 is 1.15 bits per heavy atom. The van der Waals surface area contributed by atoms with Crippen LogP contribution >= 0.6 is 0 Å². The number of carbonyl (C=O) groups is 1. The van der Waals surface area contributed by atoms with Crippen molar-refractivity contribution in [3.8, 4) is 16.8 Å². The quantitative estimate of drug-likeness (QED) is 0.308. The third-order valence-electron chi connectivity index (χ3n) is 8.20. The van der Waals surface area contributed by atoms with Gasteiger partial charge in [0.1, 0.15) is 17.7 Å². The minimum atomic E-state index is -0.820. The summed E-state index contributed by atoms with van der Waals surface area (Å²) in [6.07, 6.45) is 3.59. The molecule has 2 aromatic heterocycles. The highest BCUT2D eigenvalue weighted by Gasteiger charge is 2.33. The molecule has 1 amide bonds. The molecule has 198 valence electrons. The molecule has 39 heavy (non-hydrogen) atoms. The van der Waals surface area contributed by atoms with Crippen molar-refractivity contribution in [3.05, 3.63) is 93.4 Å². The standard InChI is InChI=1S/C31H29FN4O3/c1-16-18(6-5-9-25(16)36-15-34-27-22(30(36)38)7-4-8-23(27)32)19-12-13-21(29(33)37)28-26(19)20-11-10-17(31(2,3)39)14-24(20)35-28/h4-9,12-13,15,17,35,39H,10-11,14H2,1-3H3,(H2,33,37). The SMILES string of the molecule is Cc1c(-c2ccc(C(N)=O)c3[nH]c4c(c23)CCC(C(C)(C)O)C4)cccc1-n1cnc2c(F)cccc2c1=O. The molecule has 0 saturated carbocycles. The predicted octanol–water partition coefficient (Wildman–Crippen LogP) is 4.96. The van der Waals surface area contributed by atoms with E-state index in [1.807, 2.05) is 45.0 Å². The third-order valence-corrected chi connectivity index (χ3v) is 8.20. The largest absolute Gasteiger partial charge is 0.390 e. The summed E-state index contributed by atoms with van der Waals surface area (Å²) in [5, 5.41) is 11.8. The number of nitrogens with one attached hydrogen (secondary N) is 1. The van der Waals surface area contributed by atoms with Gasteiger partial charge < -0.3 is 15.8 Å². The van der Waals surface area contributed by atoms with E-state index in [1.165, 1.54) is 23.0 Å². The molecule has 1 unspecified atom stereocenters. The van der Waals surface area contributed by atoms with E-state index in [0.717, 1.165) is 46.2 Å². The summed E-state index contributed by atoms with van der Waals surface area (Å²) >= 11 is 0. The van der Waals surface area contributed by atoms with Crippen LogP contribution in [-0.4, -0.2) is 31.1 Å². The number of rotatable bonds is 4. The van der Waals surface area contributed by atoms with Crippen LogP contribution in [0.2, 0.25) is 0 Å². The summed E-state index contributed by atoms with van der Waals surface area (Å²) in [5.74, 6) is -0.973. The number of carbonyl (C=O) groups excluding carboxylic acids is 1. The summed E-state index contributed by atoms with van der Waals surface area (Å²) in [6.45, 7) is 5.60. The van der Waals surface area contributed by atoms with E-state index >= 15 is 0 Å². The van der Waals surface area contributed by atoms with Gasteiger partial charge in [0, 0.05) is 11.1 Å². The highest BCUT2D eigenvalue weighted by Crippen LogP contribution is 2.42. The van der Waals surface area contributed by atoms with Crippen molar-refractivity contribution in [1.82, 2.24) is 14.5 Å². The fraction of sp³-hybridized carbons (Fsp3) is 0.258. The molecule has 4 N–H and O–H groups in total. The van der Waals surface area contributed by atoms with Crippen molar-refractivity contribution in [1.29, 1.82) is 0 Å². The first-order chi connectivity index (χ1) is 18.6. The lowest BCUT2D eigenvalue weighted by Gasteiger charge is -2.32. The average Bonchev–Trinajstić information content (AvgIpc) is 3.28. The molecule has 0 saturated heterocycles. The molecule has 1 aliphatic carbocycles. The Balaban J connectivity index is 1.57. The van der Waals surface area contributed by atoms with Gasteiger partial charge in [-0.15, -0.1) is 0 Å². The summed E-state index contributed by atoms with van der Waals surface area (Å²) in [7, 11) is 0. The zero-order valence-corrected chi connectivity index (χ0v) is 22.0. The van der Waals surface area contributed by atoms with Gasteiger partial charge in [0.15, 0.2) is 0 Å². The molecule has 0 spiro atoms. The van der Waals surface area contributed by atoms with Gasteiger partial charge in [-0.1, -0.05) is 24.3 Å². The Bertz CT molecular complexity index is 1860. The number of fused-ring (bicyclic) bond motifs is 4. The summed E-state index contributed by atoms with van der Waals surface area (Å²) < 4.78 is 15.7. The molecule has 8 heteroatoms. The number of H-pyrrole nitrogens is 1. The van der Waals surface area contributed by atoms with E-state index < -0.39 is 17.3 Å². The zero-order valence-electron chi connectivity index (χ0n) is 22.0. The fourth-order valence-electron chi connectivity index (χ4n) is 6.04.